The van der Waals surface area contributed by atoms with E-state index < -0.39 is 6.36 Å². The minimum absolute atomic E-state index is 0.0379. The van der Waals surface area contributed by atoms with Gasteiger partial charge in [-0.25, -0.2) is 9.50 Å². The standard InChI is InChI=1S/C17H17F3N4O2/c1-2-12(10-25)22-15-6-7-16-21-9-14(24(16)23-15)11-4-3-5-13(8-11)26-17(18,19)20/h3-9,12,25H,2,10H2,1H3,(H,22,23)/t12-/m0/s1. The first-order chi connectivity index (χ1) is 12.4. The Morgan fingerprint density at radius 1 is 1.27 bits per heavy atom. The highest BCUT2D eigenvalue weighted by atomic mass is 19.4. The molecule has 1 atom stereocenters. The summed E-state index contributed by atoms with van der Waals surface area (Å²) in [5.74, 6) is 0.214. The van der Waals surface area contributed by atoms with Crippen molar-refractivity contribution in [3.63, 3.8) is 0 Å². The number of halogens is 3. The normalized spacial score (nSPS) is 13.0. The van der Waals surface area contributed by atoms with E-state index in [-0.39, 0.29) is 18.4 Å². The Bertz CT molecular complexity index is 891. The summed E-state index contributed by atoms with van der Waals surface area (Å²) in [6, 6.07) is 8.95. The zero-order chi connectivity index (χ0) is 18.7. The molecule has 0 amide bonds. The molecule has 0 unspecified atom stereocenters. The van der Waals surface area contributed by atoms with Crippen LogP contribution in [0.4, 0.5) is 19.0 Å². The highest BCUT2D eigenvalue weighted by molar-refractivity contribution is 5.65. The van der Waals surface area contributed by atoms with Crippen molar-refractivity contribution in [1.29, 1.82) is 0 Å². The molecule has 2 aromatic heterocycles. The smallest absolute Gasteiger partial charge is 0.406 e. The molecule has 2 N–H and O–H groups in total. The summed E-state index contributed by atoms with van der Waals surface area (Å²) in [6.07, 6.45) is -2.51. The number of alkyl halides is 3. The van der Waals surface area contributed by atoms with Gasteiger partial charge in [0.2, 0.25) is 0 Å². The van der Waals surface area contributed by atoms with Crippen LogP contribution in [0.5, 0.6) is 5.75 Å². The molecule has 0 spiro atoms. The lowest BCUT2D eigenvalue weighted by Crippen LogP contribution is -2.23. The maximum atomic E-state index is 12.4. The van der Waals surface area contributed by atoms with Gasteiger partial charge in [0.05, 0.1) is 24.5 Å². The molecule has 0 aliphatic carbocycles. The number of hydrogen-bond acceptors (Lipinski definition) is 5. The topological polar surface area (TPSA) is 71.7 Å². The summed E-state index contributed by atoms with van der Waals surface area (Å²) >= 11 is 0. The monoisotopic (exact) mass is 366 g/mol. The Kier molecular flexibility index (Phi) is 4.99. The number of aliphatic hydroxyl groups is 1. The van der Waals surface area contributed by atoms with E-state index in [0.29, 0.717) is 29.1 Å². The van der Waals surface area contributed by atoms with Crippen molar-refractivity contribution in [1.82, 2.24) is 14.6 Å². The molecule has 0 radical (unpaired) electrons. The molecule has 2 heterocycles. The lowest BCUT2D eigenvalue weighted by Gasteiger charge is -2.14. The van der Waals surface area contributed by atoms with Crippen molar-refractivity contribution in [2.45, 2.75) is 25.7 Å². The second-order valence-electron chi connectivity index (χ2n) is 5.64. The number of aromatic nitrogens is 3. The van der Waals surface area contributed by atoms with E-state index in [0.717, 1.165) is 0 Å². The predicted molar refractivity (Wildman–Crippen MR) is 89.9 cm³/mol. The van der Waals surface area contributed by atoms with Gasteiger partial charge in [0.15, 0.2) is 5.65 Å². The Hall–Kier alpha value is -2.81. The molecular formula is C17H17F3N4O2. The van der Waals surface area contributed by atoms with E-state index in [9.17, 15) is 18.3 Å². The van der Waals surface area contributed by atoms with Gasteiger partial charge in [-0.1, -0.05) is 19.1 Å². The molecule has 3 rings (SSSR count). The van der Waals surface area contributed by atoms with Gasteiger partial charge in [0.25, 0.3) is 0 Å². The molecule has 0 saturated heterocycles. The first-order valence-corrected chi connectivity index (χ1v) is 7.98. The third-order valence-electron chi connectivity index (χ3n) is 3.79. The quantitative estimate of drug-likeness (QED) is 0.699. The highest BCUT2D eigenvalue weighted by Gasteiger charge is 2.31. The van der Waals surface area contributed by atoms with E-state index in [4.69, 9.17) is 0 Å². The molecule has 1 aromatic carbocycles. The van der Waals surface area contributed by atoms with Crippen LogP contribution in [0, 0.1) is 0 Å². The van der Waals surface area contributed by atoms with Crippen LogP contribution < -0.4 is 10.1 Å². The van der Waals surface area contributed by atoms with Gasteiger partial charge in [0, 0.05) is 5.56 Å². The van der Waals surface area contributed by atoms with Gasteiger partial charge in [-0.15, -0.1) is 18.3 Å². The molecule has 0 saturated carbocycles. The van der Waals surface area contributed by atoms with Gasteiger partial charge in [-0.05, 0) is 30.7 Å². The van der Waals surface area contributed by atoms with Crippen molar-refractivity contribution in [3.05, 3.63) is 42.6 Å². The summed E-state index contributed by atoms with van der Waals surface area (Å²) < 4.78 is 42.8. The fraction of sp³-hybridized carbons (Fsp3) is 0.294. The van der Waals surface area contributed by atoms with Crippen LogP contribution in [0.15, 0.2) is 42.6 Å². The third-order valence-corrected chi connectivity index (χ3v) is 3.79. The van der Waals surface area contributed by atoms with Gasteiger partial charge < -0.3 is 15.2 Å². The maximum absolute atomic E-state index is 12.4. The van der Waals surface area contributed by atoms with Gasteiger partial charge >= 0.3 is 6.36 Å². The van der Waals surface area contributed by atoms with Crippen LogP contribution in [-0.2, 0) is 0 Å². The number of benzene rings is 1. The lowest BCUT2D eigenvalue weighted by molar-refractivity contribution is -0.274. The third kappa shape index (κ3) is 4.05. The van der Waals surface area contributed by atoms with Crippen LogP contribution in [0.2, 0.25) is 0 Å². The number of fused-ring (bicyclic) bond motifs is 1. The number of aliphatic hydroxyl groups excluding tert-OH is 1. The molecule has 9 heteroatoms. The predicted octanol–water partition coefficient (Wildman–Crippen LogP) is 3.48. The zero-order valence-electron chi connectivity index (χ0n) is 13.9. The molecule has 0 bridgehead atoms. The van der Waals surface area contributed by atoms with Crippen molar-refractivity contribution in [2.75, 3.05) is 11.9 Å². The molecular weight excluding hydrogens is 349 g/mol. The number of nitrogens with zero attached hydrogens (tertiary/aromatic N) is 3. The number of ether oxygens (including phenoxy) is 1. The van der Waals surface area contributed by atoms with Crippen molar-refractivity contribution in [3.8, 4) is 17.0 Å². The van der Waals surface area contributed by atoms with E-state index in [2.05, 4.69) is 20.1 Å². The molecule has 6 nitrogen and oxygen atoms in total. The molecule has 138 valence electrons. The molecule has 3 aromatic rings. The van der Waals surface area contributed by atoms with Crippen LogP contribution in [-0.4, -0.2) is 38.7 Å². The highest BCUT2D eigenvalue weighted by Crippen LogP contribution is 2.28. The van der Waals surface area contributed by atoms with Crippen LogP contribution in [0.25, 0.3) is 16.9 Å². The summed E-state index contributed by atoms with van der Waals surface area (Å²) in [4.78, 5) is 4.22. The fourth-order valence-electron chi connectivity index (χ4n) is 2.49. The number of nitrogens with one attached hydrogen (secondary N) is 1. The number of anilines is 1. The van der Waals surface area contributed by atoms with E-state index in [1.165, 1.54) is 28.9 Å². The number of hydrogen-bond donors (Lipinski definition) is 2. The first-order valence-electron chi connectivity index (χ1n) is 7.98. The molecule has 26 heavy (non-hydrogen) atoms. The summed E-state index contributed by atoms with van der Waals surface area (Å²) in [5.41, 5.74) is 1.55. The zero-order valence-corrected chi connectivity index (χ0v) is 13.9. The van der Waals surface area contributed by atoms with Crippen LogP contribution in [0.1, 0.15) is 13.3 Å². The second-order valence-corrected chi connectivity index (χ2v) is 5.64. The summed E-state index contributed by atoms with van der Waals surface area (Å²) in [7, 11) is 0. The first kappa shape index (κ1) is 18.0. The van der Waals surface area contributed by atoms with Crippen LogP contribution >= 0.6 is 0 Å². The largest absolute Gasteiger partial charge is 0.573 e. The second kappa shape index (κ2) is 7.20. The minimum atomic E-state index is -4.76. The minimum Gasteiger partial charge on any atom is -0.406 e. The average molecular weight is 366 g/mol. The van der Waals surface area contributed by atoms with Crippen molar-refractivity contribution in [2.24, 2.45) is 0 Å². The molecule has 0 aliphatic rings. The van der Waals surface area contributed by atoms with Crippen molar-refractivity contribution < 1.29 is 23.0 Å². The van der Waals surface area contributed by atoms with E-state index in [1.807, 2.05) is 6.92 Å². The number of imidazole rings is 1. The molecule has 0 fully saturated rings. The molecule has 0 aliphatic heterocycles. The maximum Gasteiger partial charge on any atom is 0.573 e. The van der Waals surface area contributed by atoms with E-state index >= 15 is 0 Å². The SMILES string of the molecule is CC[C@@H](CO)Nc1ccc2ncc(-c3cccc(OC(F)(F)F)c3)n2n1. The van der Waals surface area contributed by atoms with Crippen molar-refractivity contribution >= 4 is 11.5 Å². The summed E-state index contributed by atoms with van der Waals surface area (Å²) in [5, 5.41) is 16.8. The van der Waals surface area contributed by atoms with Gasteiger partial charge in [-0.3, -0.25) is 0 Å². The Morgan fingerprint density at radius 2 is 2.08 bits per heavy atom. The van der Waals surface area contributed by atoms with Crippen LogP contribution in [0.3, 0.4) is 0 Å². The lowest BCUT2D eigenvalue weighted by atomic mass is 10.1. The number of rotatable bonds is 6. The van der Waals surface area contributed by atoms with Gasteiger partial charge in [0.1, 0.15) is 11.6 Å². The Morgan fingerprint density at radius 3 is 2.77 bits per heavy atom. The fourth-order valence-corrected chi connectivity index (χ4v) is 2.49. The average Bonchev–Trinajstić information content (AvgIpc) is 3.01. The van der Waals surface area contributed by atoms with Gasteiger partial charge in [-0.2, -0.15) is 0 Å². The Labute approximate surface area is 147 Å². The van der Waals surface area contributed by atoms with E-state index in [1.54, 1.807) is 18.2 Å². The Balaban J connectivity index is 1.96. The summed E-state index contributed by atoms with van der Waals surface area (Å²) in [6.45, 7) is 1.89.